The molecular formula is C20H21BrClN3O4. The van der Waals surface area contributed by atoms with Crippen LogP contribution in [-0.4, -0.2) is 22.8 Å². The molecule has 9 heteroatoms. The van der Waals surface area contributed by atoms with E-state index in [-0.39, 0.29) is 34.1 Å². The summed E-state index contributed by atoms with van der Waals surface area (Å²) in [5, 5.41) is 16.4. The molecule has 0 aromatic heterocycles. The van der Waals surface area contributed by atoms with Gasteiger partial charge in [0, 0.05) is 16.6 Å². The van der Waals surface area contributed by atoms with Crippen LogP contribution in [-0.2, 0) is 4.79 Å². The third kappa shape index (κ3) is 5.77. The molecule has 7 nitrogen and oxygen atoms in total. The Hall–Kier alpha value is -2.45. The van der Waals surface area contributed by atoms with Crippen molar-refractivity contribution < 1.29 is 14.5 Å². The molecule has 0 spiro atoms. The van der Waals surface area contributed by atoms with E-state index in [1.807, 2.05) is 45.0 Å². The molecule has 0 fully saturated rings. The van der Waals surface area contributed by atoms with Crippen molar-refractivity contribution in [2.24, 2.45) is 5.92 Å². The Morgan fingerprint density at radius 2 is 1.76 bits per heavy atom. The van der Waals surface area contributed by atoms with E-state index >= 15 is 0 Å². The third-order valence-corrected chi connectivity index (χ3v) is 5.41. The molecule has 29 heavy (non-hydrogen) atoms. The summed E-state index contributed by atoms with van der Waals surface area (Å²) >= 11 is 9.49. The Kier molecular flexibility index (Phi) is 7.75. The lowest BCUT2D eigenvalue weighted by Gasteiger charge is -2.24. The first kappa shape index (κ1) is 22.8. The topological polar surface area (TPSA) is 101 Å². The number of hydrogen-bond acceptors (Lipinski definition) is 4. The van der Waals surface area contributed by atoms with Crippen LogP contribution in [0.4, 0.5) is 5.69 Å². The van der Waals surface area contributed by atoms with Gasteiger partial charge < -0.3 is 10.6 Å². The molecule has 0 aliphatic heterocycles. The zero-order valence-electron chi connectivity index (χ0n) is 16.1. The van der Waals surface area contributed by atoms with Crippen LogP contribution in [0.25, 0.3) is 0 Å². The maximum atomic E-state index is 12.8. The molecule has 2 atom stereocenters. The van der Waals surface area contributed by atoms with E-state index in [0.29, 0.717) is 0 Å². The van der Waals surface area contributed by atoms with Crippen LogP contribution in [0.5, 0.6) is 0 Å². The van der Waals surface area contributed by atoms with Gasteiger partial charge >= 0.3 is 0 Å². The van der Waals surface area contributed by atoms with Gasteiger partial charge in [-0.15, -0.1) is 0 Å². The maximum Gasteiger partial charge on any atom is 0.270 e. The van der Waals surface area contributed by atoms with Crippen molar-refractivity contribution in [3.63, 3.8) is 0 Å². The number of non-ortho nitro benzene ring substituents is 1. The van der Waals surface area contributed by atoms with Crippen LogP contribution >= 0.6 is 27.5 Å². The van der Waals surface area contributed by atoms with E-state index in [1.165, 1.54) is 12.1 Å². The van der Waals surface area contributed by atoms with Crippen molar-refractivity contribution in [3.05, 3.63) is 73.2 Å². The first-order valence-corrected chi connectivity index (χ1v) is 10.1. The molecule has 2 rings (SSSR count). The number of amides is 2. The number of carbonyl (C=O) groups excluding carboxylic acids is 2. The van der Waals surface area contributed by atoms with Crippen LogP contribution in [0, 0.1) is 16.0 Å². The highest BCUT2D eigenvalue weighted by Crippen LogP contribution is 2.24. The van der Waals surface area contributed by atoms with Crippen molar-refractivity contribution in [2.75, 3.05) is 0 Å². The summed E-state index contributed by atoms with van der Waals surface area (Å²) in [5.41, 5.74) is 0.759. The van der Waals surface area contributed by atoms with Gasteiger partial charge in [-0.25, -0.2) is 0 Å². The Morgan fingerprint density at radius 1 is 1.10 bits per heavy atom. The summed E-state index contributed by atoms with van der Waals surface area (Å²) < 4.78 is 0.871. The Morgan fingerprint density at radius 3 is 2.31 bits per heavy atom. The fraction of sp³-hybridized carbons (Fsp3) is 0.300. The summed E-state index contributed by atoms with van der Waals surface area (Å²) in [6.07, 6.45) is 0. The molecule has 0 bridgehead atoms. The van der Waals surface area contributed by atoms with Gasteiger partial charge in [0.2, 0.25) is 5.91 Å². The lowest BCUT2D eigenvalue weighted by Crippen LogP contribution is -2.50. The van der Waals surface area contributed by atoms with E-state index in [2.05, 4.69) is 26.6 Å². The van der Waals surface area contributed by atoms with Crippen molar-refractivity contribution in [1.29, 1.82) is 0 Å². The van der Waals surface area contributed by atoms with Gasteiger partial charge in [0.15, 0.2) is 0 Å². The number of nitrogens with one attached hydrogen (secondary N) is 2. The minimum Gasteiger partial charge on any atom is -0.348 e. The second-order valence-corrected chi connectivity index (χ2v) is 8.13. The van der Waals surface area contributed by atoms with E-state index in [0.717, 1.165) is 16.1 Å². The van der Waals surface area contributed by atoms with Gasteiger partial charge in [-0.1, -0.05) is 59.6 Å². The zero-order valence-corrected chi connectivity index (χ0v) is 18.5. The van der Waals surface area contributed by atoms with Crippen molar-refractivity contribution in [2.45, 2.75) is 32.9 Å². The predicted molar refractivity (Wildman–Crippen MR) is 115 cm³/mol. The van der Waals surface area contributed by atoms with Crippen molar-refractivity contribution >= 4 is 45.0 Å². The highest BCUT2D eigenvalue weighted by Gasteiger charge is 2.27. The number of carbonyl (C=O) groups is 2. The monoisotopic (exact) mass is 481 g/mol. The second kappa shape index (κ2) is 9.84. The molecule has 0 heterocycles. The summed E-state index contributed by atoms with van der Waals surface area (Å²) in [7, 11) is 0. The highest BCUT2D eigenvalue weighted by atomic mass is 79.9. The normalized spacial score (nSPS) is 12.9. The third-order valence-electron chi connectivity index (χ3n) is 4.37. The number of benzene rings is 2. The molecule has 2 unspecified atom stereocenters. The van der Waals surface area contributed by atoms with Crippen LogP contribution in [0.3, 0.4) is 0 Å². The van der Waals surface area contributed by atoms with Crippen LogP contribution in [0.2, 0.25) is 5.02 Å². The summed E-state index contributed by atoms with van der Waals surface area (Å²) in [4.78, 5) is 35.7. The Labute approximate surface area is 182 Å². The molecular weight excluding hydrogens is 462 g/mol. The van der Waals surface area contributed by atoms with Crippen molar-refractivity contribution in [3.8, 4) is 0 Å². The molecule has 2 aromatic carbocycles. The first-order chi connectivity index (χ1) is 13.6. The summed E-state index contributed by atoms with van der Waals surface area (Å²) in [5.74, 6) is -1.11. The minimum absolute atomic E-state index is 0.0544. The SMILES string of the molecule is CC(NC(=O)C(NC(=O)c1ccc([N+](=O)[O-])cc1Cl)C(C)C)c1ccccc1Br. The van der Waals surface area contributed by atoms with E-state index in [4.69, 9.17) is 11.6 Å². The number of halogens is 2. The molecule has 154 valence electrons. The lowest BCUT2D eigenvalue weighted by molar-refractivity contribution is -0.384. The average molecular weight is 483 g/mol. The van der Waals surface area contributed by atoms with Gasteiger partial charge in [-0.3, -0.25) is 19.7 Å². The maximum absolute atomic E-state index is 12.8. The fourth-order valence-electron chi connectivity index (χ4n) is 2.76. The van der Waals surface area contributed by atoms with E-state index in [9.17, 15) is 19.7 Å². The number of hydrogen-bond donors (Lipinski definition) is 2. The molecule has 0 aliphatic carbocycles. The Bertz CT molecular complexity index is 936. The molecule has 0 aliphatic rings. The average Bonchev–Trinajstić information content (AvgIpc) is 2.65. The quantitative estimate of drug-likeness (QED) is 0.443. The van der Waals surface area contributed by atoms with E-state index in [1.54, 1.807) is 0 Å². The molecule has 2 N–H and O–H groups in total. The molecule has 0 saturated heterocycles. The van der Waals surface area contributed by atoms with Crippen LogP contribution in [0.15, 0.2) is 46.9 Å². The van der Waals surface area contributed by atoms with Gasteiger partial charge in [0.05, 0.1) is 21.6 Å². The van der Waals surface area contributed by atoms with Gasteiger partial charge in [0.1, 0.15) is 6.04 Å². The van der Waals surface area contributed by atoms with Gasteiger partial charge in [-0.05, 0) is 30.5 Å². The summed E-state index contributed by atoms with van der Waals surface area (Å²) in [6, 6.07) is 10.0. The van der Waals surface area contributed by atoms with Gasteiger partial charge in [-0.2, -0.15) is 0 Å². The molecule has 2 aromatic rings. The summed E-state index contributed by atoms with van der Waals surface area (Å²) in [6.45, 7) is 5.47. The number of nitrogens with zero attached hydrogens (tertiary/aromatic N) is 1. The first-order valence-electron chi connectivity index (χ1n) is 8.91. The highest BCUT2D eigenvalue weighted by molar-refractivity contribution is 9.10. The van der Waals surface area contributed by atoms with Crippen molar-refractivity contribution in [1.82, 2.24) is 10.6 Å². The van der Waals surface area contributed by atoms with Crippen LogP contribution < -0.4 is 10.6 Å². The molecule has 0 saturated carbocycles. The minimum atomic E-state index is -0.807. The van der Waals surface area contributed by atoms with Gasteiger partial charge in [0.25, 0.3) is 11.6 Å². The number of nitro benzene ring substituents is 1. The lowest BCUT2D eigenvalue weighted by atomic mass is 10.0. The second-order valence-electron chi connectivity index (χ2n) is 6.87. The zero-order chi connectivity index (χ0) is 21.7. The smallest absolute Gasteiger partial charge is 0.270 e. The van der Waals surface area contributed by atoms with Crippen LogP contribution in [0.1, 0.15) is 42.7 Å². The fourth-order valence-corrected chi connectivity index (χ4v) is 3.65. The number of rotatable bonds is 7. The Balaban J connectivity index is 2.15. The molecule has 0 radical (unpaired) electrons. The van der Waals surface area contributed by atoms with E-state index < -0.39 is 16.9 Å². The largest absolute Gasteiger partial charge is 0.348 e. The standard InChI is InChI=1S/C20H21BrClN3O4/c1-11(2)18(20(27)23-12(3)14-6-4-5-7-16(14)21)24-19(26)15-9-8-13(25(28)29)10-17(15)22/h4-12,18H,1-3H3,(H,23,27)(H,24,26). The predicted octanol–water partition coefficient (Wildman–Crippen LogP) is 4.64. The molecule has 2 amide bonds. The number of nitro groups is 1.